The standard InChI is InChI=1S/C18H20FN3O2/c1-11-3-4-13(8-15(11)19)18(23)22-5-6-24-17(10-22)16-9-14(20)7-12(2)21-16/h3-4,7-9,17H,5-6,10H2,1-2H3,(H2,20,21). The van der Waals surface area contributed by atoms with Gasteiger partial charge in [-0.1, -0.05) is 6.07 Å². The van der Waals surface area contributed by atoms with Gasteiger partial charge in [-0.3, -0.25) is 9.78 Å². The fourth-order valence-corrected chi connectivity index (χ4v) is 2.81. The van der Waals surface area contributed by atoms with Crippen molar-refractivity contribution in [2.45, 2.75) is 20.0 Å². The summed E-state index contributed by atoms with van der Waals surface area (Å²) in [6, 6.07) is 8.09. The molecule has 0 aliphatic carbocycles. The molecule has 1 saturated heterocycles. The van der Waals surface area contributed by atoms with Gasteiger partial charge < -0.3 is 15.4 Å². The van der Waals surface area contributed by atoms with Crippen molar-refractivity contribution in [1.29, 1.82) is 0 Å². The molecule has 1 aromatic heterocycles. The first kappa shape index (κ1) is 16.4. The molecule has 1 fully saturated rings. The van der Waals surface area contributed by atoms with E-state index in [9.17, 15) is 9.18 Å². The maximum Gasteiger partial charge on any atom is 0.254 e. The van der Waals surface area contributed by atoms with Gasteiger partial charge in [-0.2, -0.15) is 0 Å². The molecule has 2 aromatic rings. The molecule has 1 aliphatic rings. The van der Waals surface area contributed by atoms with Crippen molar-refractivity contribution in [3.63, 3.8) is 0 Å². The number of rotatable bonds is 2. The van der Waals surface area contributed by atoms with E-state index in [0.29, 0.717) is 42.2 Å². The molecule has 0 spiro atoms. The number of benzene rings is 1. The van der Waals surface area contributed by atoms with Gasteiger partial charge in [-0.05, 0) is 43.7 Å². The van der Waals surface area contributed by atoms with Crippen LogP contribution in [0.5, 0.6) is 0 Å². The Labute approximate surface area is 140 Å². The number of anilines is 1. The SMILES string of the molecule is Cc1cc(N)cc(C2CN(C(=O)c3ccc(C)c(F)c3)CCO2)n1. The number of carbonyl (C=O) groups excluding carboxylic acids is 1. The summed E-state index contributed by atoms with van der Waals surface area (Å²) in [5.41, 5.74) is 8.85. The van der Waals surface area contributed by atoms with E-state index in [1.165, 1.54) is 6.07 Å². The number of pyridine rings is 1. The van der Waals surface area contributed by atoms with E-state index in [4.69, 9.17) is 10.5 Å². The Bertz CT molecular complexity index is 759. The average Bonchev–Trinajstić information content (AvgIpc) is 2.56. The highest BCUT2D eigenvalue weighted by atomic mass is 19.1. The highest BCUT2D eigenvalue weighted by Crippen LogP contribution is 2.24. The Hall–Kier alpha value is -2.47. The van der Waals surface area contributed by atoms with E-state index in [2.05, 4.69) is 4.98 Å². The summed E-state index contributed by atoms with van der Waals surface area (Å²) in [6.07, 6.45) is -0.333. The van der Waals surface area contributed by atoms with Gasteiger partial charge in [0.1, 0.15) is 11.9 Å². The lowest BCUT2D eigenvalue weighted by Gasteiger charge is -2.33. The molecule has 24 heavy (non-hydrogen) atoms. The number of nitrogen functional groups attached to an aromatic ring is 1. The van der Waals surface area contributed by atoms with Crippen LogP contribution in [-0.2, 0) is 4.74 Å². The van der Waals surface area contributed by atoms with E-state index in [0.717, 1.165) is 5.69 Å². The maximum atomic E-state index is 13.7. The smallest absolute Gasteiger partial charge is 0.254 e. The van der Waals surface area contributed by atoms with Crippen LogP contribution >= 0.6 is 0 Å². The Kier molecular flexibility index (Phi) is 4.49. The second kappa shape index (κ2) is 6.57. The van der Waals surface area contributed by atoms with Crippen molar-refractivity contribution in [1.82, 2.24) is 9.88 Å². The highest BCUT2D eigenvalue weighted by molar-refractivity contribution is 5.94. The van der Waals surface area contributed by atoms with E-state index in [1.807, 2.05) is 6.92 Å². The van der Waals surface area contributed by atoms with Crippen LogP contribution in [0.25, 0.3) is 0 Å². The van der Waals surface area contributed by atoms with Gasteiger partial charge in [-0.15, -0.1) is 0 Å². The lowest BCUT2D eigenvalue weighted by Crippen LogP contribution is -2.42. The number of amides is 1. The van der Waals surface area contributed by atoms with Crippen LogP contribution in [-0.4, -0.2) is 35.5 Å². The molecule has 1 atom stereocenters. The van der Waals surface area contributed by atoms with E-state index in [1.54, 1.807) is 36.1 Å². The summed E-state index contributed by atoms with van der Waals surface area (Å²) >= 11 is 0. The number of aryl methyl sites for hydroxylation is 2. The molecular formula is C18H20FN3O2. The first-order chi connectivity index (χ1) is 11.4. The van der Waals surface area contributed by atoms with Gasteiger partial charge in [-0.25, -0.2) is 4.39 Å². The van der Waals surface area contributed by atoms with Crippen molar-refractivity contribution in [2.24, 2.45) is 0 Å². The minimum absolute atomic E-state index is 0.206. The molecule has 3 rings (SSSR count). The predicted octanol–water partition coefficient (Wildman–Crippen LogP) is 2.63. The zero-order valence-electron chi connectivity index (χ0n) is 13.8. The molecule has 2 heterocycles. The summed E-state index contributed by atoms with van der Waals surface area (Å²) in [7, 11) is 0. The van der Waals surface area contributed by atoms with Gasteiger partial charge in [0.25, 0.3) is 5.91 Å². The second-order valence-corrected chi connectivity index (χ2v) is 6.04. The second-order valence-electron chi connectivity index (χ2n) is 6.04. The molecular weight excluding hydrogens is 309 g/mol. The molecule has 1 amide bonds. The third kappa shape index (κ3) is 3.38. The van der Waals surface area contributed by atoms with E-state index < -0.39 is 0 Å². The van der Waals surface area contributed by atoms with Crippen LogP contribution in [0.15, 0.2) is 30.3 Å². The lowest BCUT2D eigenvalue weighted by atomic mass is 10.1. The number of nitrogens with zero attached hydrogens (tertiary/aromatic N) is 2. The Morgan fingerprint density at radius 1 is 1.33 bits per heavy atom. The molecule has 0 saturated carbocycles. The molecule has 1 aromatic carbocycles. The number of aromatic nitrogens is 1. The van der Waals surface area contributed by atoms with Gasteiger partial charge in [0.05, 0.1) is 18.8 Å². The number of ether oxygens (including phenoxy) is 1. The highest BCUT2D eigenvalue weighted by Gasteiger charge is 2.27. The third-order valence-electron chi connectivity index (χ3n) is 4.10. The zero-order valence-corrected chi connectivity index (χ0v) is 13.8. The monoisotopic (exact) mass is 329 g/mol. The average molecular weight is 329 g/mol. The molecule has 2 N–H and O–H groups in total. The molecule has 5 nitrogen and oxygen atoms in total. The Morgan fingerprint density at radius 3 is 2.83 bits per heavy atom. The summed E-state index contributed by atoms with van der Waals surface area (Å²) < 4.78 is 19.5. The number of nitrogens with two attached hydrogens (primary N) is 1. The number of morpholine rings is 1. The first-order valence-corrected chi connectivity index (χ1v) is 7.85. The van der Waals surface area contributed by atoms with E-state index in [-0.39, 0.29) is 17.8 Å². The fourth-order valence-electron chi connectivity index (χ4n) is 2.81. The van der Waals surface area contributed by atoms with Gasteiger partial charge in [0.2, 0.25) is 0 Å². The fraction of sp³-hybridized carbons (Fsp3) is 0.333. The van der Waals surface area contributed by atoms with E-state index >= 15 is 0 Å². The third-order valence-corrected chi connectivity index (χ3v) is 4.10. The summed E-state index contributed by atoms with van der Waals surface area (Å²) in [4.78, 5) is 18.7. The summed E-state index contributed by atoms with van der Waals surface area (Å²) in [6.45, 7) is 4.76. The van der Waals surface area contributed by atoms with Crippen molar-refractivity contribution in [3.05, 3.63) is 58.7 Å². The predicted molar refractivity (Wildman–Crippen MR) is 89.1 cm³/mol. The van der Waals surface area contributed by atoms with Crippen LogP contribution in [0.2, 0.25) is 0 Å². The van der Waals surface area contributed by atoms with Crippen LogP contribution in [0.1, 0.15) is 33.4 Å². The van der Waals surface area contributed by atoms with Crippen molar-refractivity contribution in [3.8, 4) is 0 Å². The Morgan fingerprint density at radius 2 is 2.12 bits per heavy atom. The normalized spacial score (nSPS) is 17.8. The summed E-state index contributed by atoms with van der Waals surface area (Å²) in [5, 5.41) is 0. The molecule has 0 radical (unpaired) electrons. The molecule has 0 bridgehead atoms. The number of halogens is 1. The largest absolute Gasteiger partial charge is 0.399 e. The molecule has 126 valence electrons. The van der Waals surface area contributed by atoms with Crippen molar-refractivity contribution in [2.75, 3.05) is 25.4 Å². The van der Waals surface area contributed by atoms with Crippen molar-refractivity contribution >= 4 is 11.6 Å². The maximum absolute atomic E-state index is 13.7. The van der Waals surface area contributed by atoms with Gasteiger partial charge >= 0.3 is 0 Å². The molecule has 6 heteroatoms. The van der Waals surface area contributed by atoms with Gasteiger partial charge in [0.15, 0.2) is 0 Å². The van der Waals surface area contributed by atoms with Gasteiger partial charge in [0, 0.05) is 23.5 Å². The molecule has 1 unspecified atom stereocenters. The Balaban J connectivity index is 1.79. The first-order valence-electron chi connectivity index (χ1n) is 7.85. The minimum atomic E-state index is -0.376. The van der Waals surface area contributed by atoms with Crippen LogP contribution in [0, 0.1) is 19.7 Å². The topological polar surface area (TPSA) is 68.5 Å². The van der Waals surface area contributed by atoms with Crippen LogP contribution < -0.4 is 5.73 Å². The lowest BCUT2D eigenvalue weighted by molar-refractivity contribution is -0.0247. The van der Waals surface area contributed by atoms with Crippen LogP contribution in [0.3, 0.4) is 0 Å². The number of hydrogen-bond donors (Lipinski definition) is 1. The molecule has 1 aliphatic heterocycles. The minimum Gasteiger partial charge on any atom is -0.399 e. The number of hydrogen-bond acceptors (Lipinski definition) is 4. The quantitative estimate of drug-likeness (QED) is 0.920. The van der Waals surface area contributed by atoms with Crippen LogP contribution in [0.4, 0.5) is 10.1 Å². The van der Waals surface area contributed by atoms with Crippen molar-refractivity contribution < 1.29 is 13.9 Å². The number of carbonyl (C=O) groups is 1. The zero-order chi connectivity index (χ0) is 17.3. The summed E-state index contributed by atoms with van der Waals surface area (Å²) in [5.74, 6) is -0.582.